The molecular formula is C22H15Br2ClN2O4. The van der Waals surface area contributed by atoms with Crippen LogP contribution in [-0.2, 0) is 4.79 Å². The number of halogens is 3. The SMILES string of the molecule is O=C(COc1ccc(Cl)cc1Br)NN=Cc1ccc(OC(=O)c2ccccc2Br)cc1. The van der Waals surface area contributed by atoms with Crippen molar-refractivity contribution in [3.05, 3.63) is 91.8 Å². The van der Waals surface area contributed by atoms with Crippen molar-refractivity contribution in [1.82, 2.24) is 5.43 Å². The lowest BCUT2D eigenvalue weighted by molar-refractivity contribution is -0.123. The Balaban J connectivity index is 1.48. The second-order valence-electron chi connectivity index (χ2n) is 6.09. The predicted molar refractivity (Wildman–Crippen MR) is 126 cm³/mol. The fourth-order valence-corrected chi connectivity index (χ4v) is 3.60. The summed E-state index contributed by atoms with van der Waals surface area (Å²) in [6, 6.07) is 18.7. The molecule has 0 saturated heterocycles. The molecule has 1 amide bonds. The highest BCUT2D eigenvalue weighted by Gasteiger charge is 2.11. The van der Waals surface area contributed by atoms with Gasteiger partial charge in [0.25, 0.3) is 5.91 Å². The molecule has 0 aliphatic carbocycles. The van der Waals surface area contributed by atoms with Crippen LogP contribution in [0.4, 0.5) is 0 Å². The summed E-state index contributed by atoms with van der Waals surface area (Å²) in [6.45, 7) is -0.207. The number of esters is 1. The number of hydrogen-bond donors (Lipinski definition) is 1. The molecule has 0 saturated carbocycles. The zero-order valence-corrected chi connectivity index (χ0v) is 19.8. The second kappa shape index (κ2) is 11.1. The lowest BCUT2D eigenvalue weighted by Crippen LogP contribution is -2.24. The van der Waals surface area contributed by atoms with Crippen LogP contribution in [0.15, 0.2) is 80.8 Å². The third-order valence-corrected chi connectivity index (χ3v) is 5.39. The van der Waals surface area contributed by atoms with Crippen LogP contribution in [0, 0.1) is 0 Å². The highest BCUT2D eigenvalue weighted by atomic mass is 79.9. The van der Waals surface area contributed by atoms with Crippen molar-refractivity contribution in [1.29, 1.82) is 0 Å². The molecule has 0 radical (unpaired) electrons. The first kappa shape index (κ1) is 23.0. The molecule has 0 aliphatic rings. The van der Waals surface area contributed by atoms with Crippen molar-refractivity contribution in [2.24, 2.45) is 5.10 Å². The Morgan fingerprint density at radius 2 is 1.74 bits per heavy atom. The summed E-state index contributed by atoms with van der Waals surface area (Å²) in [7, 11) is 0. The highest BCUT2D eigenvalue weighted by molar-refractivity contribution is 9.10. The van der Waals surface area contributed by atoms with E-state index in [0.29, 0.717) is 36.6 Å². The first-order valence-corrected chi connectivity index (χ1v) is 10.9. The van der Waals surface area contributed by atoms with Crippen LogP contribution in [0.1, 0.15) is 15.9 Å². The van der Waals surface area contributed by atoms with Crippen molar-refractivity contribution in [2.45, 2.75) is 0 Å². The minimum atomic E-state index is -0.464. The van der Waals surface area contributed by atoms with E-state index in [1.165, 1.54) is 6.21 Å². The van der Waals surface area contributed by atoms with E-state index in [0.717, 1.165) is 0 Å². The van der Waals surface area contributed by atoms with Gasteiger partial charge in [-0.05, 0) is 92.0 Å². The van der Waals surface area contributed by atoms with Gasteiger partial charge in [0.15, 0.2) is 6.61 Å². The minimum Gasteiger partial charge on any atom is -0.483 e. The molecular weight excluding hydrogens is 552 g/mol. The first-order valence-electron chi connectivity index (χ1n) is 8.89. The summed E-state index contributed by atoms with van der Waals surface area (Å²) >= 11 is 12.5. The van der Waals surface area contributed by atoms with Crippen molar-refractivity contribution in [3.8, 4) is 11.5 Å². The predicted octanol–water partition coefficient (Wildman–Crippen LogP) is 5.61. The molecule has 0 aromatic heterocycles. The summed E-state index contributed by atoms with van der Waals surface area (Å²) in [5, 5.41) is 4.45. The lowest BCUT2D eigenvalue weighted by Gasteiger charge is -2.07. The third kappa shape index (κ3) is 6.92. The van der Waals surface area contributed by atoms with Crippen molar-refractivity contribution < 1.29 is 19.1 Å². The van der Waals surface area contributed by atoms with Crippen LogP contribution in [0.5, 0.6) is 11.5 Å². The van der Waals surface area contributed by atoms with Gasteiger partial charge >= 0.3 is 5.97 Å². The number of hydrazone groups is 1. The summed E-state index contributed by atoms with van der Waals surface area (Å²) in [6.07, 6.45) is 1.47. The smallest absolute Gasteiger partial charge is 0.344 e. The number of carbonyl (C=O) groups is 2. The van der Waals surface area contributed by atoms with Gasteiger partial charge < -0.3 is 9.47 Å². The summed E-state index contributed by atoms with van der Waals surface area (Å²) < 4.78 is 12.1. The van der Waals surface area contributed by atoms with Gasteiger partial charge in [0.1, 0.15) is 11.5 Å². The molecule has 3 aromatic carbocycles. The van der Waals surface area contributed by atoms with Crippen LogP contribution in [0.25, 0.3) is 0 Å². The van der Waals surface area contributed by atoms with E-state index in [9.17, 15) is 9.59 Å². The van der Waals surface area contributed by atoms with E-state index in [1.807, 2.05) is 6.07 Å². The molecule has 0 unspecified atom stereocenters. The lowest BCUT2D eigenvalue weighted by atomic mass is 10.2. The summed E-state index contributed by atoms with van der Waals surface area (Å²) in [5.74, 6) is 0.00523. The molecule has 0 fully saturated rings. The topological polar surface area (TPSA) is 77.0 Å². The van der Waals surface area contributed by atoms with Gasteiger partial charge in [-0.25, -0.2) is 10.2 Å². The van der Waals surface area contributed by atoms with Gasteiger partial charge in [-0.15, -0.1) is 0 Å². The molecule has 0 atom stereocenters. The quantitative estimate of drug-likeness (QED) is 0.175. The fraction of sp³-hybridized carbons (Fsp3) is 0.0455. The maximum Gasteiger partial charge on any atom is 0.344 e. The first-order chi connectivity index (χ1) is 14.9. The minimum absolute atomic E-state index is 0.207. The Labute approximate surface area is 200 Å². The van der Waals surface area contributed by atoms with E-state index in [-0.39, 0.29) is 6.61 Å². The van der Waals surface area contributed by atoms with E-state index < -0.39 is 11.9 Å². The molecule has 0 aliphatic heterocycles. The number of amides is 1. The maximum absolute atomic E-state index is 12.2. The maximum atomic E-state index is 12.2. The van der Waals surface area contributed by atoms with Crippen molar-refractivity contribution >= 4 is 61.6 Å². The Hall–Kier alpha value is -2.68. The van der Waals surface area contributed by atoms with Crippen molar-refractivity contribution in [2.75, 3.05) is 6.61 Å². The standard InChI is InChI=1S/C22H15Br2ClN2O4/c23-18-4-2-1-3-17(18)22(29)31-16-8-5-14(6-9-16)12-26-27-21(28)13-30-20-10-7-15(25)11-19(20)24/h1-12H,13H2,(H,27,28). The number of rotatable bonds is 7. The Bertz CT molecular complexity index is 1120. The zero-order chi connectivity index (χ0) is 22.2. The van der Waals surface area contributed by atoms with Gasteiger partial charge in [-0.3, -0.25) is 4.79 Å². The van der Waals surface area contributed by atoms with Crippen LogP contribution < -0.4 is 14.9 Å². The number of hydrogen-bond acceptors (Lipinski definition) is 5. The van der Waals surface area contributed by atoms with Crippen molar-refractivity contribution in [3.63, 3.8) is 0 Å². The fourth-order valence-electron chi connectivity index (χ4n) is 2.36. The molecule has 158 valence electrons. The average molecular weight is 567 g/mol. The third-order valence-electron chi connectivity index (χ3n) is 3.84. The van der Waals surface area contributed by atoms with Crippen LogP contribution in [0.2, 0.25) is 5.02 Å². The molecule has 31 heavy (non-hydrogen) atoms. The summed E-state index contributed by atoms with van der Waals surface area (Å²) in [4.78, 5) is 24.1. The van der Waals surface area contributed by atoms with Gasteiger partial charge in [-0.2, -0.15) is 5.10 Å². The van der Waals surface area contributed by atoms with Crippen LogP contribution in [-0.4, -0.2) is 24.7 Å². The van der Waals surface area contributed by atoms with Gasteiger partial charge in [0.05, 0.1) is 16.3 Å². The van der Waals surface area contributed by atoms with Gasteiger partial charge in [-0.1, -0.05) is 23.7 Å². The number of nitrogens with one attached hydrogen (secondary N) is 1. The number of carbonyl (C=O) groups excluding carboxylic acids is 2. The number of nitrogens with zero attached hydrogens (tertiary/aromatic N) is 1. The molecule has 3 aromatic rings. The highest BCUT2D eigenvalue weighted by Crippen LogP contribution is 2.27. The summed E-state index contributed by atoms with van der Waals surface area (Å²) in [5.41, 5.74) is 3.52. The Morgan fingerprint density at radius 3 is 2.45 bits per heavy atom. The van der Waals surface area contributed by atoms with E-state index in [2.05, 4.69) is 42.4 Å². The molecule has 1 N–H and O–H groups in total. The Kier molecular flexibility index (Phi) is 8.22. The van der Waals surface area contributed by atoms with Gasteiger partial charge in [0, 0.05) is 9.50 Å². The molecule has 0 spiro atoms. The number of ether oxygens (including phenoxy) is 2. The molecule has 6 nitrogen and oxygen atoms in total. The Morgan fingerprint density at radius 1 is 1.00 bits per heavy atom. The molecule has 0 bridgehead atoms. The van der Waals surface area contributed by atoms with E-state index in [4.69, 9.17) is 21.1 Å². The normalized spacial score (nSPS) is 10.7. The van der Waals surface area contributed by atoms with Crippen LogP contribution in [0.3, 0.4) is 0 Å². The molecule has 3 rings (SSSR count). The second-order valence-corrected chi connectivity index (χ2v) is 8.24. The number of benzene rings is 3. The monoisotopic (exact) mass is 564 g/mol. The zero-order valence-electron chi connectivity index (χ0n) is 15.8. The largest absolute Gasteiger partial charge is 0.483 e. The van der Waals surface area contributed by atoms with Crippen LogP contribution >= 0.6 is 43.5 Å². The molecule has 9 heteroatoms. The molecule has 0 heterocycles. The van der Waals surface area contributed by atoms with E-state index in [1.54, 1.807) is 60.7 Å². The van der Waals surface area contributed by atoms with E-state index >= 15 is 0 Å². The van der Waals surface area contributed by atoms with Gasteiger partial charge in [0.2, 0.25) is 0 Å². The average Bonchev–Trinajstić information content (AvgIpc) is 2.74.